The summed E-state index contributed by atoms with van der Waals surface area (Å²) in [6, 6.07) is 1.72. The Balaban J connectivity index is 1.79. The Morgan fingerprint density at radius 3 is 2.68 bits per heavy atom. The fraction of sp³-hybridized carbons (Fsp3) is 0.615. The van der Waals surface area contributed by atoms with E-state index in [2.05, 4.69) is 15.4 Å². The molecule has 2 aliphatic rings. The highest BCUT2D eigenvalue weighted by Gasteiger charge is 2.38. The van der Waals surface area contributed by atoms with Gasteiger partial charge in [-0.3, -0.25) is 10.2 Å². The molecular formula is C13H19N5O. The maximum absolute atomic E-state index is 12.5. The lowest BCUT2D eigenvalue weighted by Crippen LogP contribution is -2.30. The molecule has 0 aromatic carbocycles. The lowest BCUT2D eigenvalue weighted by Gasteiger charge is -2.17. The quantitative estimate of drug-likeness (QED) is 0.611. The van der Waals surface area contributed by atoms with Crippen LogP contribution >= 0.6 is 0 Å². The zero-order valence-electron chi connectivity index (χ0n) is 11.1. The van der Waals surface area contributed by atoms with Crippen molar-refractivity contribution in [1.29, 1.82) is 0 Å². The number of aromatic nitrogens is 2. The lowest BCUT2D eigenvalue weighted by atomic mass is 10.0. The molecule has 3 rings (SSSR count). The van der Waals surface area contributed by atoms with Crippen molar-refractivity contribution >= 4 is 11.9 Å². The summed E-state index contributed by atoms with van der Waals surface area (Å²) in [5.74, 6) is 6.99. The van der Waals surface area contributed by atoms with Crippen LogP contribution in [-0.4, -0.2) is 33.9 Å². The monoisotopic (exact) mass is 261 g/mol. The number of aryl methyl sites for hydroxylation is 1. The van der Waals surface area contributed by atoms with Crippen molar-refractivity contribution in [3.63, 3.8) is 0 Å². The molecule has 0 radical (unpaired) electrons. The van der Waals surface area contributed by atoms with Crippen molar-refractivity contribution in [2.45, 2.75) is 26.2 Å². The van der Waals surface area contributed by atoms with Crippen molar-refractivity contribution in [3.05, 3.63) is 17.5 Å². The van der Waals surface area contributed by atoms with Crippen LogP contribution < -0.4 is 11.3 Å². The van der Waals surface area contributed by atoms with Crippen molar-refractivity contribution in [1.82, 2.24) is 14.9 Å². The molecule has 102 valence electrons. The molecule has 6 heteroatoms. The normalized spacial score (nSPS) is 25.5. The van der Waals surface area contributed by atoms with Crippen LogP contribution in [0, 0.1) is 18.8 Å². The highest BCUT2D eigenvalue weighted by molar-refractivity contribution is 5.92. The molecule has 6 nitrogen and oxygen atoms in total. The summed E-state index contributed by atoms with van der Waals surface area (Å²) in [7, 11) is 0. The zero-order chi connectivity index (χ0) is 13.4. The van der Waals surface area contributed by atoms with E-state index in [0.717, 1.165) is 18.8 Å². The van der Waals surface area contributed by atoms with E-state index in [1.165, 1.54) is 19.3 Å². The van der Waals surface area contributed by atoms with E-state index in [0.29, 0.717) is 23.5 Å². The van der Waals surface area contributed by atoms with Crippen LogP contribution in [0.1, 0.15) is 35.4 Å². The molecule has 2 atom stereocenters. The van der Waals surface area contributed by atoms with Crippen LogP contribution in [0.15, 0.2) is 6.07 Å². The van der Waals surface area contributed by atoms with E-state index >= 15 is 0 Å². The van der Waals surface area contributed by atoms with E-state index in [9.17, 15) is 4.79 Å². The Labute approximate surface area is 112 Å². The van der Waals surface area contributed by atoms with E-state index in [1.807, 2.05) is 11.8 Å². The number of hydrogen-bond acceptors (Lipinski definition) is 5. The molecule has 3 N–H and O–H groups in total. The number of nitrogens with two attached hydrogens (primary N) is 1. The fourth-order valence-corrected chi connectivity index (χ4v) is 3.31. The van der Waals surface area contributed by atoms with Gasteiger partial charge in [-0.05, 0) is 37.7 Å². The van der Waals surface area contributed by atoms with Gasteiger partial charge in [-0.2, -0.15) is 0 Å². The van der Waals surface area contributed by atoms with E-state index < -0.39 is 0 Å². The van der Waals surface area contributed by atoms with Gasteiger partial charge in [-0.1, -0.05) is 6.42 Å². The maximum atomic E-state index is 12.5. The number of nitrogen functional groups attached to an aromatic ring is 1. The largest absolute Gasteiger partial charge is 0.337 e. The number of anilines is 1. The fourth-order valence-electron chi connectivity index (χ4n) is 3.31. The minimum atomic E-state index is -0.00333. The summed E-state index contributed by atoms with van der Waals surface area (Å²) in [5.41, 5.74) is 3.57. The van der Waals surface area contributed by atoms with Gasteiger partial charge in [-0.15, -0.1) is 0 Å². The minimum absolute atomic E-state index is 0.00333. The smallest absolute Gasteiger partial charge is 0.272 e. The Morgan fingerprint density at radius 1 is 1.37 bits per heavy atom. The Kier molecular flexibility index (Phi) is 3.10. The molecule has 2 unspecified atom stereocenters. The predicted octanol–water partition coefficient (Wildman–Crippen LogP) is 0.943. The second kappa shape index (κ2) is 4.77. The average molecular weight is 261 g/mol. The maximum Gasteiger partial charge on any atom is 0.272 e. The second-order valence-corrected chi connectivity index (χ2v) is 5.52. The van der Waals surface area contributed by atoms with Crippen molar-refractivity contribution in [2.75, 3.05) is 18.5 Å². The summed E-state index contributed by atoms with van der Waals surface area (Å²) >= 11 is 0. The van der Waals surface area contributed by atoms with Crippen LogP contribution in [0.2, 0.25) is 0 Å². The van der Waals surface area contributed by atoms with Gasteiger partial charge in [0.1, 0.15) is 5.69 Å². The van der Waals surface area contributed by atoms with Gasteiger partial charge in [0.15, 0.2) is 0 Å². The Bertz CT molecular complexity index is 492. The first-order chi connectivity index (χ1) is 9.17. The first-order valence-electron chi connectivity index (χ1n) is 6.79. The van der Waals surface area contributed by atoms with Crippen LogP contribution in [0.4, 0.5) is 5.95 Å². The molecule has 2 fully saturated rings. The Hall–Kier alpha value is -1.69. The molecule has 1 saturated heterocycles. The molecular weight excluding hydrogens is 242 g/mol. The summed E-state index contributed by atoms with van der Waals surface area (Å²) in [6.45, 7) is 3.58. The highest BCUT2D eigenvalue weighted by atomic mass is 16.2. The first-order valence-corrected chi connectivity index (χ1v) is 6.79. The molecule has 1 aliphatic carbocycles. The Morgan fingerprint density at radius 2 is 2.05 bits per heavy atom. The van der Waals surface area contributed by atoms with E-state index in [4.69, 9.17) is 5.84 Å². The number of carbonyl (C=O) groups is 1. The number of nitrogens with one attached hydrogen (secondary N) is 1. The number of hydrogen-bond donors (Lipinski definition) is 2. The topological polar surface area (TPSA) is 84.1 Å². The number of carbonyl (C=O) groups excluding carboxylic acids is 1. The van der Waals surface area contributed by atoms with Gasteiger partial charge in [0.25, 0.3) is 5.91 Å². The number of nitrogens with zero attached hydrogens (tertiary/aromatic N) is 3. The van der Waals surface area contributed by atoms with Gasteiger partial charge < -0.3 is 4.90 Å². The predicted molar refractivity (Wildman–Crippen MR) is 71.3 cm³/mol. The van der Waals surface area contributed by atoms with Gasteiger partial charge in [0.05, 0.1) is 0 Å². The van der Waals surface area contributed by atoms with Crippen LogP contribution in [-0.2, 0) is 0 Å². The van der Waals surface area contributed by atoms with Crippen LogP contribution in [0.5, 0.6) is 0 Å². The third-order valence-electron chi connectivity index (χ3n) is 4.22. The molecule has 0 spiro atoms. The van der Waals surface area contributed by atoms with Gasteiger partial charge in [0, 0.05) is 18.8 Å². The van der Waals surface area contributed by atoms with Gasteiger partial charge in [0.2, 0.25) is 5.95 Å². The number of fused-ring (bicyclic) bond motifs is 1. The number of amides is 1. The standard InChI is InChI=1S/C13H19N5O/c1-8-5-11(16-13(15-8)17-14)12(19)18-6-9-3-2-4-10(9)7-18/h5,9-10H,2-4,6-7,14H2,1H3,(H,15,16,17). The molecule has 1 aromatic heterocycles. The lowest BCUT2D eigenvalue weighted by molar-refractivity contribution is 0.0774. The summed E-state index contributed by atoms with van der Waals surface area (Å²) in [5, 5.41) is 0. The third-order valence-corrected chi connectivity index (χ3v) is 4.22. The van der Waals surface area contributed by atoms with Gasteiger partial charge in [-0.25, -0.2) is 15.8 Å². The van der Waals surface area contributed by atoms with E-state index in [-0.39, 0.29) is 5.91 Å². The molecule has 2 heterocycles. The number of hydrazine groups is 1. The molecule has 19 heavy (non-hydrogen) atoms. The zero-order valence-corrected chi connectivity index (χ0v) is 11.1. The highest BCUT2D eigenvalue weighted by Crippen LogP contribution is 2.38. The summed E-state index contributed by atoms with van der Waals surface area (Å²) in [6.07, 6.45) is 3.82. The minimum Gasteiger partial charge on any atom is -0.337 e. The number of rotatable bonds is 2. The van der Waals surface area contributed by atoms with Crippen LogP contribution in [0.3, 0.4) is 0 Å². The molecule has 0 bridgehead atoms. The van der Waals surface area contributed by atoms with Crippen molar-refractivity contribution in [3.8, 4) is 0 Å². The van der Waals surface area contributed by atoms with Crippen molar-refractivity contribution < 1.29 is 4.79 Å². The third kappa shape index (κ3) is 2.28. The first kappa shape index (κ1) is 12.3. The SMILES string of the molecule is Cc1cc(C(=O)N2CC3CCCC3C2)nc(NN)n1. The van der Waals surface area contributed by atoms with Crippen molar-refractivity contribution in [2.24, 2.45) is 17.7 Å². The molecule has 1 aromatic rings. The average Bonchev–Trinajstić information content (AvgIpc) is 2.97. The number of likely N-dealkylation sites (tertiary alicyclic amines) is 1. The molecule has 1 saturated carbocycles. The van der Waals surface area contributed by atoms with Crippen LogP contribution in [0.25, 0.3) is 0 Å². The summed E-state index contributed by atoms with van der Waals surface area (Å²) in [4.78, 5) is 22.6. The molecule has 1 amide bonds. The van der Waals surface area contributed by atoms with E-state index in [1.54, 1.807) is 6.07 Å². The summed E-state index contributed by atoms with van der Waals surface area (Å²) < 4.78 is 0. The second-order valence-electron chi connectivity index (χ2n) is 5.52. The molecule has 1 aliphatic heterocycles. The van der Waals surface area contributed by atoms with Gasteiger partial charge >= 0.3 is 0 Å².